The zero-order valence-corrected chi connectivity index (χ0v) is 11.8. The van der Waals surface area contributed by atoms with E-state index in [0.717, 1.165) is 17.2 Å². The van der Waals surface area contributed by atoms with Crippen molar-refractivity contribution in [2.45, 2.75) is 19.4 Å². The fraction of sp³-hybridized carbons (Fsp3) is 0.312. The number of nitrogens with two attached hydrogens (primary N) is 1. The first kappa shape index (κ1) is 14.3. The third kappa shape index (κ3) is 2.91. The number of methoxy groups -OCH3 is 1. The molecule has 2 aromatic rings. The molecule has 0 bridgehead atoms. The summed E-state index contributed by atoms with van der Waals surface area (Å²) in [5.41, 5.74) is 6.09. The molecule has 0 unspecified atom stereocenters. The third-order valence-corrected chi connectivity index (χ3v) is 3.27. The number of fused-ring (bicyclic) bond motifs is 1. The molecule has 106 valence electrons. The van der Waals surface area contributed by atoms with Crippen molar-refractivity contribution < 1.29 is 14.3 Å². The zero-order valence-electron chi connectivity index (χ0n) is 11.8. The van der Waals surface area contributed by atoms with E-state index in [0.29, 0.717) is 17.9 Å². The van der Waals surface area contributed by atoms with Crippen LogP contribution in [-0.2, 0) is 4.74 Å². The van der Waals surface area contributed by atoms with Gasteiger partial charge in [0.15, 0.2) is 0 Å². The predicted molar refractivity (Wildman–Crippen MR) is 79.0 cm³/mol. The second-order valence-corrected chi connectivity index (χ2v) is 4.57. The minimum Gasteiger partial charge on any atom is -0.488 e. The Morgan fingerprint density at radius 3 is 2.45 bits per heavy atom. The maximum absolute atomic E-state index is 11.9. The summed E-state index contributed by atoms with van der Waals surface area (Å²) in [7, 11) is 1.36. The lowest BCUT2D eigenvalue weighted by Gasteiger charge is -2.18. The Morgan fingerprint density at radius 2 is 1.90 bits per heavy atom. The van der Waals surface area contributed by atoms with E-state index < -0.39 is 5.97 Å². The average Bonchev–Trinajstić information content (AvgIpc) is 2.50. The quantitative estimate of drug-likeness (QED) is 0.851. The Morgan fingerprint density at radius 1 is 1.25 bits per heavy atom. The van der Waals surface area contributed by atoms with Gasteiger partial charge in [-0.15, -0.1) is 0 Å². The highest BCUT2D eigenvalue weighted by molar-refractivity contribution is 5.98. The molecule has 20 heavy (non-hydrogen) atoms. The van der Waals surface area contributed by atoms with E-state index in [2.05, 4.69) is 0 Å². The first-order valence-corrected chi connectivity index (χ1v) is 6.67. The number of benzene rings is 2. The number of carbonyl (C=O) groups is 1. The van der Waals surface area contributed by atoms with Crippen molar-refractivity contribution in [1.29, 1.82) is 0 Å². The Kier molecular flexibility index (Phi) is 4.58. The van der Waals surface area contributed by atoms with Crippen molar-refractivity contribution in [2.75, 3.05) is 13.7 Å². The Bertz CT molecular complexity index is 606. The SMILES string of the molecule is CC[C@H](CN)Oc1cc2ccccc2cc1C(=O)OC. The molecule has 0 aromatic heterocycles. The van der Waals surface area contributed by atoms with Crippen LogP contribution in [0.5, 0.6) is 5.75 Å². The minimum absolute atomic E-state index is 0.112. The maximum atomic E-state index is 11.9. The Balaban J connectivity index is 2.50. The molecule has 4 nitrogen and oxygen atoms in total. The lowest BCUT2D eigenvalue weighted by Crippen LogP contribution is -2.26. The van der Waals surface area contributed by atoms with Crippen LogP contribution >= 0.6 is 0 Å². The normalized spacial score (nSPS) is 12.2. The van der Waals surface area contributed by atoms with Crippen LogP contribution in [0, 0.1) is 0 Å². The van der Waals surface area contributed by atoms with E-state index in [1.54, 1.807) is 6.07 Å². The fourth-order valence-corrected chi connectivity index (χ4v) is 2.06. The Hall–Kier alpha value is -2.07. The Labute approximate surface area is 118 Å². The van der Waals surface area contributed by atoms with Gasteiger partial charge in [0.25, 0.3) is 0 Å². The summed E-state index contributed by atoms with van der Waals surface area (Å²) in [6.07, 6.45) is 0.670. The molecule has 0 aliphatic heterocycles. The van der Waals surface area contributed by atoms with Crippen LogP contribution in [0.3, 0.4) is 0 Å². The number of hydrogen-bond donors (Lipinski definition) is 1. The largest absolute Gasteiger partial charge is 0.488 e. The molecular weight excluding hydrogens is 254 g/mol. The smallest absolute Gasteiger partial charge is 0.341 e. The summed E-state index contributed by atoms with van der Waals surface area (Å²) in [6.45, 7) is 2.40. The van der Waals surface area contributed by atoms with E-state index in [4.69, 9.17) is 15.2 Å². The second-order valence-electron chi connectivity index (χ2n) is 4.57. The molecule has 4 heteroatoms. The molecule has 2 N–H and O–H groups in total. The summed E-state index contributed by atoms with van der Waals surface area (Å²) < 4.78 is 10.7. The lowest BCUT2D eigenvalue weighted by atomic mass is 10.1. The van der Waals surface area contributed by atoms with Gasteiger partial charge in [-0.25, -0.2) is 4.79 Å². The first-order valence-electron chi connectivity index (χ1n) is 6.67. The summed E-state index contributed by atoms with van der Waals surface area (Å²) in [4.78, 5) is 11.9. The van der Waals surface area contributed by atoms with E-state index in [1.165, 1.54) is 7.11 Å². The van der Waals surface area contributed by atoms with Crippen molar-refractivity contribution >= 4 is 16.7 Å². The molecule has 2 rings (SSSR count). The number of hydrogen-bond acceptors (Lipinski definition) is 4. The zero-order chi connectivity index (χ0) is 14.5. The van der Waals surface area contributed by atoms with E-state index in [1.807, 2.05) is 37.3 Å². The number of rotatable bonds is 5. The molecule has 0 spiro atoms. The molecule has 0 saturated carbocycles. The van der Waals surface area contributed by atoms with Crippen LogP contribution in [-0.4, -0.2) is 25.7 Å². The van der Waals surface area contributed by atoms with Crippen molar-refractivity contribution in [2.24, 2.45) is 5.73 Å². The molecule has 1 atom stereocenters. The number of esters is 1. The number of carbonyl (C=O) groups excluding carboxylic acids is 1. The minimum atomic E-state index is -0.405. The van der Waals surface area contributed by atoms with E-state index in [9.17, 15) is 4.79 Å². The molecule has 0 amide bonds. The van der Waals surface area contributed by atoms with E-state index in [-0.39, 0.29) is 6.10 Å². The average molecular weight is 273 g/mol. The molecule has 0 heterocycles. The number of ether oxygens (including phenoxy) is 2. The van der Waals surface area contributed by atoms with Gasteiger partial charge in [-0.2, -0.15) is 0 Å². The van der Waals surface area contributed by atoms with Gasteiger partial charge >= 0.3 is 5.97 Å². The third-order valence-electron chi connectivity index (χ3n) is 3.27. The lowest BCUT2D eigenvalue weighted by molar-refractivity contribution is 0.0593. The van der Waals surface area contributed by atoms with Crippen LogP contribution in [0.4, 0.5) is 0 Å². The van der Waals surface area contributed by atoms with Gasteiger partial charge in [0.05, 0.1) is 7.11 Å². The summed E-state index contributed by atoms with van der Waals surface area (Å²) in [5.74, 6) is 0.116. The summed E-state index contributed by atoms with van der Waals surface area (Å²) >= 11 is 0. The van der Waals surface area contributed by atoms with E-state index >= 15 is 0 Å². The van der Waals surface area contributed by atoms with Crippen molar-refractivity contribution in [3.05, 3.63) is 42.0 Å². The standard InChI is InChI=1S/C16H19NO3/c1-3-13(10-17)20-15-9-12-7-5-4-6-11(12)8-14(15)16(18)19-2/h4-9,13H,3,10,17H2,1-2H3/t13-/m1/s1. The van der Waals surface area contributed by atoms with Crippen LogP contribution in [0.2, 0.25) is 0 Å². The predicted octanol–water partition coefficient (Wildman–Crippen LogP) is 2.74. The van der Waals surface area contributed by atoms with Crippen LogP contribution in [0.25, 0.3) is 10.8 Å². The second kappa shape index (κ2) is 6.39. The highest BCUT2D eigenvalue weighted by atomic mass is 16.5. The van der Waals surface area contributed by atoms with Crippen LogP contribution < -0.4 is 10.5 Å². The highest BCUT2D eigenvalue weighted by Gasteiger charge is 2.17. The monoisotopic (exact) mass is 273 g/mol. The van der Waals surface area contributed by atoms with Gasteiger partial charge in [0, 0.05) is 6.54 Å². The molecular formula is C16H19NO3. The molecule has 2 aromatic carbocycles. The van der Waals surface area contributed by atoms with Crippen LogP contribution in [0.1, 0.15) is 23.7 Å². The highest BCUT2D eigenvalue weighted by Crippen LogP contribution is 2.27. The maximum Gasteiger partial charge on any atom is 0.341 e. The van der Waals surface area contributed by atoms with Crippen molar-refractivity contribution in [3.63, 3.8) is 0 Å². The molecule has 0 saturated heterocycles. The van der Waals surface area contributed by atoms with Gasteiger partial charge in [0.2, 0.25) is 0 Å². The van der Waals surface area contributed by atoms with Gasteiger partial charge < -0.3 is 15.2 Å². The summed E-state index contributed by atoms with van der Waals surface area (Å²) in [6, 6.07) is 11.5. The molecule has 0 aliphatic carbocycles. The van der Waals surface area contributed by atoms with Gasteiger partial charge in [-0.05, 0) is 29.3 Å². The van der Waals surface area contributed by atoms with Crippen molar-refractivity contribution in [3.8, 4) is 5.75 Å². The van der Waals surface area contributed by atoms with Gasteiger partial charge in [-0.1, -0.05) is 31.2 Å². The summed E-state index contributed by atoms with van der Waals surface area (Å²) in [5, 5.41) is 1.99. The van der Waals surface area contributed by atoms with Gasteiger partial charge in [-0.3, -0.25) is 0 Å². The fourth-order valence-electron chi connectivity index (χ4n) is 2.06. The molecule has 0 fully saturated rings. The first-order chi connectivity index (χ1) is 9.69. The topological polar surface area (TPSA) is 61.5 Å². The van der Waals surface area contributed by atoms with Gasteiger partial charge in [0.1, 0.15) is 17.4 Å². The van der Waals surface area contributed by atoms with Crippen LogP contribution in [0.15, 0.2) is 36.4 Å². The molecule has 0 aliphatic rings. The molecule has 0 radical (unpaired) electrons. The van der Waals surface area contributed by atoms with Crippen molar-refractivity contribution in [1.82, 2.24) is 0 Å².